The Morgan fingerprint density at radius 2 is 1.45 bits per heavy atom. The Kier molecular flexibility index (Phi) is 4.57. The molecule has 0 saturated heterocycles. The van der Waals surface area contributed by atoms with Crippen molar-refractivity contribution in [1.82, 2.24) is 0 Å². The first-order valence-electron chi connectivity index (χ1n) is 11.0. The monoisotopic (exact) mass is 387 g/mol. The van der Waals surface area contributed by atoms with E-state index in [2.05, 4.69) is 35.6 Å². The summed E-state index contributed by atoms with van der Waals surface area (Å²) in [5, 5.41) is 3.11. The molecule has 4 aliphatic rings. The first-order valence-corrected chi connectivity index (χ1v) is 11.0. The van der Waals surface area contributed by atoms with Crippen LogP contribution in [-0.4, -0.2) is 11.7 Å². The number of carbonyl (C=O) groups excluding carboxylic acids is 2. The maximum atomic E-state index is 13.2. The Morgan fingerprint density at radius 3 is 2.00 bits per heavy atom. The van der Waals surface area contributed by atoms with Gasteiger partial charge >= 0.3 is 0 Å². The van der Waals surface area contributed by atoms with Gasteiger partial charge in [0, 0.05) is 23.1 Å². The van der Waals surface area contributed by atoms with Gasteiger partial charge in [-0.25, -0.2) is 0 Å². The highest BCUT2D eigenvalue weighted by atomic mass is 16.1. The number of carbonyl (C=O) groups is 2. The summed E-state index contributed by atoms with van der Waals surface area (Å²) in [6.45, 7) is 1.56. The van der Waals surface area contributed by atoms with Crippen LogP contribution in [0.25, 0.3) is 0 Å². The topological polar surface area (TPSA) is 46.2 Å². The van der Waals surface area contributed by atoms with Gasteiger partial charge < -0.3 is 5.32 Å². The van der Waals surface area contributed by atoms with Crippen molar-refractivity contribution in [3.63, 3.8) is 0 Å². The average Bonchev–Trinajstić information content (AvgIpc) is 2.71. The number of Topliss-reactive ketones (excluding diaryl/α,β-unsaturated/α-hetero) is 1. The second-order valence-electron chi connectivity index (χ2n) is 9.57. The Morgan fingerprint density at radius 1 is 0.862 bits per heavy atom. The zero-order valence-corrected chi connectivity index (χ0v) is 17.1. The summed E-state index contributed by atoms with van der Waals surface area (Å²) in [4.78, 5) is 24.7. The van der Waals surface area contributed by atoms with Crippen LogP contribution in [0.1, 0.15) is 61.4 Å². The van der Waals surface area contributed by atoms with E-state index in [0.29, 0.717) is 23.8 Å². The zero-order valence-electron chi connectivity index (χ0n) is 17.1. The lowest BCUT2D eigenvalue weighted by Gasteiger charge is -2.61. The fraction of sp³-hybridized carbons (Fsp3) is 0.462. The van der Waals surface area contributed by atoms with Gasteiger partial charge in [0.2, 0.25) is 5.91 Å². The van der Waals surface area contributed by atoms with Crippen LogP contribution in [0.4, 0.5) is 5.69 Å². The van der Waals surface area contributed by atoms with Crippen molar-refractivity contribution in [3.8, 4) is 0 Å². The van der Waals surface area contributed by atoms with Crippen molar-refractivity contribution >= 4 is 17.4 Å². The third kappa shape index (κ3) is 3.21. The van der Waals surface area contributed by atoms with E-state index in [1.165, 1.54) is 37.7 Å². The predicted octanol–water partition coefficient (Wildman–Crippen LogP) is 5.61. The summed E-state index contributed by atoms with van der Waals surface area (Å²) in [5.41, 5.74) is 2.77. The van der Waals surface area contributed by atoms with E-state index < -0.39 is 0 Å². The van der Waals surface area contributed by atoms with E-state index in [0.717, 1.165) is 17.5 Å². The molecule has 150 valence electrons. The molecule has 4 fully saturated rings. The van der Waals surface area contributed by atoms with Gasteiger partial charge in [-0.3, -0.25) is 9.59 Å². The summed E-state index contributed by atoms with van der Waals surface area (Å²) in [7, 11) is 0. The van der Waals surface area contributed by atoms with Crippen LogP contribution in [-0.2, 0) is 10.2 Å². The molecule has 0 spiro atoms. The Hall–Kier alpha value is -2.42. The van der Waals surface area contributed by atoms with Crippen LogP contribution in [0.3, 0.4) is 0 Å². The Balaban J connectivity index is 1.42. The fourth-order valence-corrected chi connectivity index (χ4v) is 6.89. The van der Waals surface area contributed by atoms with Crippen molar-refractivity contribution in [2.24, 2.45) is 23.7 Å². The molecule has 6 rings (SSSR count). The molecule has 0 unspecified atom stereocenters. The molecule has 3 heteroatoms. The van der Waals surface area contributed by atoms with Crippen molar-refractivity contribution < 1.29 is 9.59 Å². The summed E-state index contributed by atoms with van der Waals surface area (Å²) in [6.07, 6.45) is 7.09. The molecule has 4 bridgehead atoms. The molecule has 0 aliphatic heterocycles. The van der Waals surface area contributed by atoms with Gasteiger partial charge in [-0.2, -0.15) is 0 Å². The minimum absolute atomic E-state index is 0.0297. The van der Waals surface area contributed by atoms with Gasteiger partial charge in [0.25, 0.3) is 0 Å². The van der Waals surface area contributed by atoms with Gasteiger partial charge in [0.15, 0.2) is 5.78 Å². The minimum Gasteiger partial charge on any atom is -0.326 e. The lowest BCUT2D eigenvalue weighted by Crippen LogP contribution is -2.56. The molecular weight excluding hydrogens is 358 g/mol. The van der Waals surface area contributed by atoms with Crippen LogP contribution in [0.15, 0.2) is 54.6 Å². The fourth-order valence-electron chi connectivity index (χ4n) is 6.89. The average molecular weight is 388 g/mol. The number of amides is 1. The lowest BCUT2D eigenvalue weighted by molar-refractivity contribution is -0.124. The summed E-state index contributed by atoms with van der Waals surface area (Å²) in [6, 6.07) is 18.1. The molecular formula is C26H29NO2. The highest BCUT2D eigenvalue weighted by molar-refractivity contribution is 5.96. The molecule has 2 aromatic rings. The van der Waals surface area contributed by atoms with Crippen LogP contribution in [0.2, 0.25) is 0 Å². The van der Waals surface area contributed by atoms with Gasteiger partial charge in [-0.05, 0) is 92.5 Å². The molecule has 4 saturated carbocycles. The largest absolute Gasteiger partial charge is 0.326 e. The van der Waals surface area contributed by atoms with Crippen LogP contribution in [0.5, 0.6) is 0 Å². The van der Waals surface area contributed by atoms with Crippen molar-refractivity contribution in [1.29, 1.82) is 0 Å². The van der Waals surface area contributed by atoms with Crippen LogP contribution >= 0.6 is 0 Å². The number of benzene rings is 2. The molecule has 2 aromatic carbocycles. The molecule has 4 aliphatic carbocycles. The second-order valence-corrected chi connectivity index (χ2v) is 9.57. The third-order valence-electron chi connectivity index (χ3n) is 7.93. The maximum absolute atomic E-state index is 13.2. The van der Waals surface area contributed by atoms with Crippen LogP contribution in [0, 0.1) is 23.7 Å². The summed E-state index contributed by atoms with van der Waals surface area (Å²) >= 11 is 0. The van der Waals surface area contributed by atoms with E-state index in [9.17, 15) is 9.59 Å². The normalized spacial score (nSPS) is 32.2. The van der Waals surface area contributed by atoms with Crippen LogP contribution < -0.4 is 5.32 Å². The van der Waals surface area contributed by atoms with E-state index in [1.54, 1.807) is 19.1 Å². The van der Waals surface area contributed by atoms with Crippen molar-refractivity contribution in [2.45, 2.75) is 50.9 Å². The molecule has 0 radical (unpaired) electrons. The Labute approximate surface area is 172 Å². The van der Waals surface area contributed by atoms with Gasteiger partial charge in [-0.15, -0.1) is 0 Å². The van der Waals surface area contributed by atoms with E-state index in [-0.39, 0.29) is 17.1 Å². The van der Waals surface area contributed by atoms with Crippen molar-refractivity contribution in [3.05, 3.63) is 65.7 Å². The predicted molar refractivity (Wildman–Crippen MR) is 115 cm³/mol. The molecule has 29 heavy (non-hydrogen) atoms. The molecule has 1 N–H and O–H groups in total. The number of rotatable bonds is 5. The van der Waals surface area contributed by atoms with Gasteiger partial charge in [0.1, 0.15) is 0 Å². The highest BCUT2D eigenvalue weighted by Crippen LogP contribution is 2.64. The van der Waals surface area contributed by atoms with Gasteiger partial charge in [-0.1, -0.05) is 30.3 Å². The second kappa shape index (κ2) is 7.12. The zero-order chi connectivity index (χ0) is 20.0. The summed E-state index contributed by atoms with van der Waals surface area (Å²) < 4.78 is 0. The van der Waals surface area contributed by atoms with E-state index >= 15 is 0 Å². The molecule has 3 nitrogen and oxygen atoms in total. The van der Waals surface area contributed by atoms with Crippen molar-refractivity contribution in [2.75, 3.05) is 5.32 Å². The number of hydrogen-bond donors (Lipinski definition) is 1. The first-order chi connectivity index (χ1) is 14.0. The maximum Gasteiger partial charge on any atom is 0.225 e. The molecule has 0 aromatic heterocycles. The quantitative estimate of drug-likeness (QED) is 0.678. The van der Waals surface area contributed by atoms with Gasteiger partial charge in [0.05, 0.1) is 0 Å². The first kappa shape index (κ1) is 18.6. The lowest BCUT2D eigenvalue weighted by atomic mass is 9.43. The third-order valence-corrected chi connectivity index (χ3v) is 7.93. The smallest absolute Gasteiger partial charge is 0.225 e. The number of ketones is 1. The number of anilines is 1. The van der Waals surface area contributed by atoms with E-state index in [1.807, 2.05) is 12.1 Å². The highest BCUT2D eigenvalue weighted by Gasteiger charge is 2.58. The standard InChI is InChI=1S/C26H29NO2/c1-17(28)20-7-9-24(10-8-20)27-25(29)16-26(21-5-3-2-4-6-21)22-12-18-11-19(14-22)15-23(26)13-18/h2-10,18-19,22-23H,11-16H2,1H3,(H,27,29). The number of nitrogens with one attached hydrogen (secondary N) is 1. The SMILES string of the molecule is CC(=O)c1ccc(NC(=O)CC2(c3ccccc3)C3CC4CC(C3)CC2C4)cc1. The molecule has 1 amide bonds. The summed E-state index contributed by atoms with van der Waals surface area (Å²) in [5.74, 6) is 3.11. The Bertz CT molecular complexity index is 887. The number of hydrogen-bond acceptors (Lipinski definition) is 2. The molecule has 0 atom stereocenters. The van der Waals surface area contributed by atoms with E-state index in [4.69, 9.17) is 0 Å². The molecule has 0 heterocycles. The minimum atomic E-state index is -0.0297.